The minimum absolute atomic E-state index is 0.0388. The summed E-state index contributed by atoms with van der Waals surface area (Å²) in [5.41, 5.74) is 0. The van der Waals surface area contributed by atoms with Gasteiger partial charge in [-0.15, -0.1) is 0 Å². The van der Waals surface area contributed by atoms with E-state index in [0.29, 0.717) is 26.1 Å². The van der Waals surface area contributed by atoms with Gasteiger partial charge in [0, 0.05) is 33.7 Å². The molecule has 0 aliphatic carbocycles. The normalized spacial score (nSPS) is 21.4. The number of nitrogens with one attached hydrogen (secondary N) is 1. The minimum atomic E-state index is -0.190. The van der Waals surface area contributed by atoms with Crippen molar-refractivity contribution in [3.8, 4) is 0 Å². The minimum Gasteiger partial charge on any atom is -0.383 e. The van der Waals surface area contributed by atoms with Crippen molar-refractivity contribution in [2.45, 2.75) is 6.42 Å². The van der Waals surface area contributed by atoms with E-state index in [2.05, 4.69) is 5.32 Å². The predicted octanol–water partition coefficient (Wildman–Crippen LogP) is -0.773. The van der Waals surface area contributed by atoms with Crippen molar-refractivity contribution in [3.63, 3.8) is 0 Å². The zero-order chi connectivity index (χ0) is 10.6. The second-order valence-electron chi connectivity index (χ2n) is 3.46. The lowest BCUT2D eigenvalue weighted by molar-refractivity contribution is -0.128. The molecule has 1 N–H and O–H groups in total. The van der Waals surface area contributed by atoms with Gasteiger partial charge in [0.15, 0.2) is 0 Å². The summed E-state index contributed by atoms with van der Waals surface area (Å²) in [6, 6.07) is 0. The smallest absolute Gasteiger partial charge is 0.225 e. The van der Waals surface area contributed by atoms with Crippen molar-refractivity contribution in [2.24, 2.45) is 5.92 Å². The van der Waals surface area contributed by atoms with Crippen molar-refractivity contribution in [1.82, 2.24) is 10.2 Å². The van der Waals surface area contributed by atoms with Gasteiger partial charge in [0.05, 0.1) is 12.5 Å². The van der Waals surface area contributed by atoms with Gasteiger partial charge in [0.2, 0.25) is 11.8 Å². The number of carbonyl (C=O) groups excluding carboxylic acids is 2. The number of methoxy groups -OCH3 is 1. The Morgan fingerprint density at radius 1 is 1.71 bits per heavy atom. The summed E-state index contributed by atoms with van der Waals surface area (Å²) in [7, 11) is 3.30. The summed E-state index contributed by atoms with van der Waals surface area (Å²) >= 11 is 0. The van der Waals surface area contributed by atoms with Crippen LogP contribution in [-0.4, -0.2) is 50.6 Å². The van der Waals surface area contributed by atoms with Gasteiger partial charge in [-0.3, -0.25) is 9.59 Å². The zero-order valence-electron chi connectivity index (χ0n) is 8.58. The Bertz CT molecular complexity index is 230. The lowest BCUT2D eigenvalue weighted by Gasteiger charge is -2.10. The molecule has 0 spiro atoms. The van der Waals surface area contributed by atoms with Gasteiger partial charge < -0.3 is 15.0 Å². The molecule has 14 heavy (non-hydrogen) atoms. The topological polar surface area (TPSA) is 58.6 Å². The third kappa shape index (κ3) is 2.70. The highest BCUT2D eigenvalue weighted by Crippen LogP contribution is 2.15. The van der Waals surface area contributed by atoms with E-state index in [1.807, 2.05) is 0 Å². The average molecular weight is 200 g/mol. The van der Waals surface area contributed by atoms with E-state index in [-0.39, 0.29) is 17.7 Å². The summed E-state index contributed by atoms with van der Waals surface area (Å²) in [5.74, 6) is -0.207. The standard InChI is InChI=1S/C9H16N2O3/c1-11-6-7(5-8(11)12)9(13)10-3-4-14-2/h7H,3-6H2,1-2H3,(H,10,13)/t7-/m0/s1. The summed E-state index contributed by atoms with van der Waals surface area (Å²) in [6.45, 7) is 1.53. The van der Waals surface area contributed by atoms with Crippen LogP contribution in [0.5, 0.6) is 0 Å². The van der Waals surface area contributed by atoms with Crippen molar-refractivity contribution in [2.75, 3.05) is 33.9 Å². The zero-order valence-corrected chi connectivity index (χ0v) is 8.58. The SMILES string of the molecule is COCCNC(=O)[C@H]1CC(=O)N(C)C1. The van der Waals surface area contributed by atoms with Crippen molar-refractivity contribution < 1.29 is 14.3 Å². The lowest BCUT2D eigenvalue weighted by Crippen LogP contribution is -2.34. The fourth-order valence-electron chi connectivity index (χ4n) is 1.46. The molecule has 0 unspecified atom stereocenters. The molecule has 1 aliphatic heterocycles. The fraction of sp³-hybridized carbons (Fsp3) is 0.778. The average Bonchev–Trinajstić information content (AvgIpc) is 2.47. The number of rotatable bonds is 4. The first-order valence-corrected chi connectivity index (χ1v) is 4.65. The van der Waals surface area contributed by atoms with Crippen LogP contribution in [0.4, 0.5) is 0 Å². The Labute approximate surface area is 83.4 Å². The second kappa shape index (κ2) is 4.95. The molecule has 0 bridgehead atoms. The predicted molar refractivity (Wildman–Crippen MR) is 50.6 cm³/mol. The molecule has 1 atom stereocenters. The van der Waals surface area contributed by atoms with Crippen LogP contribution in [0, 0.1) is 5.92 Å². The van der Waals surface area contributed by atoms with Crippen molar-refractivity contribution in [3.05, 3.63) is 0 Å². The van der Waals surface area contributed by atoms with Crippen LogP contribution in [0.2, 0.25) is 0 Å². The molecular formula is C9H16N2O3. The van der Waals surface area contributed by atoms with Crippen LogP contribution in [0.15, 0.2) is 0 Å². The van der Waals surface area contributed by atoms with Crippen LogP contribution in [-0.2, 0) is 14.3 Å². The number of carbonyl (C=O) groups is 2. The van der Waals surface area contributed by atoms with Gasteiger partial charge in [-0.1, -0.05) is 0 Å². The highest BCUT2D eigenvalue weighted by Gasteiger charge is 2.31. The number of hydrogen-bond acceptors (Lipinski definition) is 3. The van der Waals surface area contributed by atoms with E-state index < -0.39 is 0 Å². The van der Waals surface area contributed by atoms with E-state index in [1.54, 1.807) is 19.1 Å². The van der Waals surface area contributed by atoms with Gasteiger partial charge in [0.1, 0.15) is 0 Å². The van der Waals surface area contributed by atoms with Gasteiger partial charge in [-0.05, 0) is 0 Å². The fourth-order valence-corrected chi connectivity index (χ4v) is 1.46. The summed E-state index contributed by atoms with van der Waals surface area (Å²) < 4.78 is 4.81. The molecule has 0 saturated carbocycles. The number of hydrogen-bond donors (Lipinski definition) is 1. The van der Waals surface area contributed by atoms with Gasteiger partial charge in [0.25, 0.3) is 0 Å². The van der Waals surface area contributed by atoms with Crippen LogP contribution in [0.25, 0.3) is 0 Å². The second-order valence-corrected chi connectivity index (χ2v) is 3.46. The van der Waals surface area contributed by atoms with E-state index in [4.69, 9.17) is 4.74 Å². The molecular weight excluding hydrogens is 184 g/mol. The molecule has 1 heterocycles. The molecule has 1 fully saturated rings. The molecule has 0 aromatic rings. The number of likely N-dealkylation sites (tertiary alicyclic amines) is 1. The van der Waals surface area contributed by atoms with Crippen LogP contribution in [0.1, 0.15) is 6.42 Å². The monoisotopic (exact) mass is 200 g/mol. The Morgan fingerprint density at radius 3 is 2.93 bits per heavy atom. The van der Waals surface area contributed by atoms with Gasteiger partial charge in [-0.25, -0.2) is 0 Å². The number of nitrogens with zero attached hydrogens (tertiary/aromatic N) is 1. The number of ether oxygens (including phenoxy) is 1. The van der Waals surface area contributed by atoms with E-state index in [0.717, 1.165) is 0 Å². The molecule has 1 saturated heterocycles. The lowest BCUT2D eigenvalue weighted by atomic mass is 10.1. The Balaban J connectivity index is 2.28. The molecule has 1 rings (SSSR count). The van der Waals surface area contributed by atoms with E-state index >= 15 is 0 Å². The Kier molecular flexibility index (Phi) is 3.88. The van der Waals surface area contributed by atoms with Gasteiger partial charge in [-0.2, -0.15) is 0 Å². The first-order chi connectivity index (χ1) is 6.65. The largest absolute Gasteiger partial charge is 0.383 e. The molecule has 80 valence electrons. The highest BCUT2D eigenvalue weighted by molar-refractivity contribution is 5.89. The third-order valence-corrected chi connectivity index (χ3v) is 2.32. The Hall–Kier alpha value is -1.10. The van der Waals surface area contributed by atoms with Crippen molar-refractivity contribution >= 4 is 11.8 Å². The quantitative estimate of drug-likeness (QED) is 0.606. The molecule has 5 nitrogen and oxygen atoms in total. The van der Waals surface area contributed by atoms with E-state index in [9.17, 15) is 9.59 Å². The molecule has 2 amide bonds. The van der Waals surface area contributed by atoms with Crippen LogP contribution >= 0.6 is 0 Å². The van der Waals surface area contributed by atoms with Gasteiger partial charge >= 0.3 is 0 Å². The molecule has 0 radical (unpaired) electrons. The maximum atomic E-state index is 11.5. The maximum Gasteiger partial charge on any atom is 0.225 e. The molecule has 5 heteroatoms. The summed E-state index contributed by atoms with van der Waals surface area (Å²) in [6.07, 6.45) is 0.329. The summed E-state index contributed by atoms with van der Waals surface area (Å²) in [5, 5.41) is 2.72. The van der Waals surface area contributed by atoms with Crippen LogP contribution < -0.4 is 5.32 Å². The Morgan fingerprint density at radius 2 is 2.43 bits per heavy atom. The first kappa shape index (κ1) is 11.0. The van der Waals surface area contributed by atoms with E-state index in [1.165, 1.54) is 0 Å². The molecule has 0 aromatic carbocycles. The van der Waals surface area contributed by atoms with Crippen molar-refractivity contribution in [1.29, 1.82) is 0 Å². The van der Waals surface area contributed by atoms with Crippen LogP contribution in [0.3, 0.4) is 0 Å². The summed E-state index contributed by atoms with van der Waals surface area (Å²) in [4.78, 5) is 24.2. The number of amides is 2. The molecule has 1 aliphatic rings. The maximum absolute atomic E-state index is 11.5. The highest BCUT2D eigenvalue weighted by atomic mass is 16.5. The molecule has 0 aromatic heterocycles. The third-order valence-electron chi connectivity index (χ3n) is 2.32. The first-order valence-electron chi connectivity index (χ1n) is 4.65.